The first kappa shape index (κ1) is 22.4. The number of rotatable bonds is 3. The van der Waals surface area contributed by atoms with E-state index in [1.165, 1.54) is 0 Å². The summed E-state index contributed by atoms with van der Waals surface area (Å²) in [4.78, 5) is 24.8. The summed E-state index contributed by atoms with van der Waals surface area (Å²) in [5.41, 5.74) is 5.49. The number of nitrogens with zero attached hydrogens (tertiary/aromatic N) is 7. The molecule has 2 aliphatic rings. The molecule has 9 heteroatoms. The Morgan fingerprint density at radius 3 is 2.67 bits per heavy atom. The highest BCUT2D eigenvalue weighted by Gasteiger charge is 2.36. The molecule has 0 radical (unpaired) electrons. The molecule has 0 unspecified atom stereocenters. The number of carbonyl (C=O) groups is 1. The SMILES string of the molecule is C[C@@H]1C(=O)N(C)Cc2c(-c3cccc4nc(-c5cnn(C)c5)c(C#N)cc34)nc(C3CCOCC3)n21. The highest BCUT2D eigenvalue weighted by Crippen LogP contribution is 2.40. The van der Waals surface area contributed by atoms with Crippen molar-refractivity contribution in [2.75, 3.05) is 20.3 Å². The molecule has 0 aliphatic carbocycles. The normalized spacial score (nSPS) is 18.4. The van der Waals surface area contributed by atoms with E-state index in [1.54, 1.807) is 15.8 Å². The molecule has 1 atom stereocenters. The largest absolute Gasteiger partial charge is 0.381 e. The molecule has 0 bridgehead atoms. The Labute approximate surface area is 208 Å². The maximum atomic E-state index is 12.9. The van der Waals surface area contributed by atoms with Gasteiger partial charge in [0.2, 0.25) is 5.91 Å². The van der Waals surface area contributed by atoms with E-state index in [0.29, 0.717) is 31.0 Å². The van der Waals surface area contributed by atoms with E-state index in [2.05, 4.69) is 15.7 Å². The summed E-state index contributed by atoms with van der Waals surface area (Å²) >= 11 is 0. The van der Waals surface area contributed by atoms with Gasteiger partial charge in [-0.25, -0.2) is 9.97 Å². The second-order valence-corrected chi connectivity index (χ2v) is 9.66. The molecular formula is C27H27N7O2. The van der Waals surface area contributed by atoms with Gasteiger partial charge in [0.1, 0.15) is 17.9 Å². The molecule has 4 aromatic rings. The highest BCUT2D eigenvalue weighted by atomic mass is 16.5. The van der Waals surface area contributed by atoms with Crippen molar-refractivity contribution < 1.29 is 9.53 Å². The summed E-state index contributed by atoms with van der Waals surface area (Å²) in [5, 5.41) is 15.1. The van der Waals surface area contributed by atoms with Gasteiger partial charge in [0.25, 0.3) is 0 Å². The minimum absolute atomic E-state index is 0.0900. The number of carbonyl (C=O) groups excluding carboxylic acids is 1. The monoisotopic (exact) mass is 481 g/mol. The molecule has 0 spiro atoms. The van der Waals surface area contributed by atoms with Crippen LogP contribution in [-0.2, 0) is 23.1 Å². The second kappa shape index (κ2) is 8.57. The molecule has 0 saturated carbocycles. The van der Waals surface area contributed by atoms with Crippen molar-refractivity contribution in [3.63, 3.8) is 0 Å². The zero-order valence-electron chi connectivity index (χ0n) is 20.6. The fraction of sp³-hybridized carbons (Fsp3) is 0.370. The summed E-state index contributed by atoms with van der Waals surface area (Å²) in [6.45, 7) is 3.84. The molecule has 36 heavy (non-hydrogen) atoms. The number of fused-ring (bicyclic) bond motifs is 2. The van der Waals surface area contributed by atoms with Gasteiger partial charge in [-0.2, -0.15) is 10.4 Å². The Hall–Kier alpha value is -4.03. The van der Waals surface area contributed by atoms with Crippen LogP contribution >= 0.6 is 0 Å². The quantitative estimate of drug-likeness (QED) is 0.441. The smallest absolute Gasteiger partial charge is 0.245 e. The lowest BCUT2D eigenvalue weighted by Gasteiger charge is -2.32. The van der Waals surface area contributed by atoms with Gasteiger partial charge in [-0.05, 0) is 31.9 Å². The predicted octanol–water partition coefficient (Wildman–Crippen LogP) is 3.80. The Morgan fingerprint density at radius 1 is 1.14 bits per heavy atom. The van der Waals surface area contributed by atoms with Gasteiger partial charge in [-0.1, -0.05) is 12.1 Å². The van der Waals surface area contributed by atoms with Gasteiger partial charge in [0, 0.05) is 55.9 Å². The van der Waals surface area contributed by atoms with Gasteiger partial charge < -0.3 is 14.2 Å². The van der Waals surface area contributed by atoms with Crippen LogP contribution in [0, 0.1) is 11.3 Å². The minimum atomic E-state index is -0.321. The zero-order chi connectivity index (χ0) is 25.0. The zero-order valence-corrected chi connectivity index (χ0v) is 20.6. The lowest BCUT2D eigenvalue weighted by molar-refractivity contribution is -0.135. The summed E-state index contributed by atoms with van der Waals surface area (Å²) in [7, 11) is 3.68. The fourth-order valence-corrected chi connectivity index (χ4v) is 5.51. The Kier molecular flexibility index (Phi) is 5.34. The first-order chi connectivity index (χ1) is 17.5. The number of hydrogen-bond donors (Lipinski definition) is 0. The maximum Gasteiger partial charge on any atom is 0.245 e. The third-order valence-corrected chi connectivity index (χ3v) is 7.34. The maximum absolute atomic E-state index is 12.9. The number of benzene rings is 1. The van der Waals surface area contributed by atoms with Crippen molar-refractivity contribution in [2.45, 2.75) is 38.3 Å². The van der Waals surface area contributed by atoms with E-state index in [-0.39, 0.29) is 17.9 Å². The number of aromatic nitrogens is 5. The number of aryl methyl sites for hydroxylation is 1. The molecule has 1 aromatic carbocycles. The van der Waals surface area contributed by atoms with E-state index in [0.717, 1.165) is 52.1 Å². The lowest BCUT2D eigenvalue weighted by atomic mass is 9.98. The number of imidazole rings is 1. The van der Waals surface area contributed by atoms with Crippen LogP contribution < -0.4 is 0 Å². The second-order valence-electron chi connectivity index (χ2n) is 9.66. The van der Waals surface area contributed by atoms with Crippen LogP contribution in [0.3, 0.4) is 0 Å². The molecule has 2 aliphatic heterocycles. The van der Waals surface area contributed by atoms with E-state index < -0.39 is 0 Å². The lowest BCUT2D eigenvalue weighted by Crippen LogP contribution is -2.40. The summed E-state index contributed by atoms with van der Waals surface area (Å²) < 4.78 is 9.45. The first-order valence-corrected chi connectivity index (χ1v) is 12.2. The molecule has 6 rings (SSSR count). The van der Waals surface area contributed by atoms with Crippen molar-refractivity contribution in [1.29, 1.82) is 5.26 Å². The van der Waals surface area contributed by atoms with E-state index in [1.807, 2.05) is 51.5 Å². The van der Waals surface area contributed by atoms with E-state index in [4.69, 9.17) is 14.7 Å². The molecular weight excluding hydrogens is 454 g/mol. The van der Waals surface area contributed by atoms with Crippen LogP contribution in [0.15, 0.2) is 36.7 Å². The molecule has 0 N–H and O–H groups in total. The van der Waals surface area contributed by atoms with E-state index in [9.17, 15) is 10.1 Å². The van der Waals surface area contributed by atoms with E-state index >= 15 is 0 Å². The van der Waals surface area contributed by atoms with Gasteiger partial charge in [-0.3, -0.25) is 9.48 Å². The number of pyridine rings is 1. The number of amides is 1. The summed E-state index contributed by atoms with van der Waals surface area (Å²) in [5.74, 6) is 1.28. The topological polar surface area (TPSA) is 102 Å². The van der Waals surface area contributed by atoms with Crippen LogP contribution in [-0.4, -0.2) is 55.4 Å². The third kappa shape index (κ3) is 3.48. The number of likely N-dealkylation sites (N-methyl/N-ethyl adjacent to an activating group) is 1. The minimum Gasteiger partial charge on any atom is -0.381 e. The molecule has 1 amide bonds. The molecule has 9 nitrogen and oxygen atoms in total. The van der Waals surface area contributed by atoms with Crippen LogP contribution in [0.1, 0.15) is 48.8 Å². The molecule has 5 heterocycles. The average Bonchev–Trinajstić information content (AvgIpc) is 3.50. The van der Waals surface area contributed by atoms with Crippen LogP contribution in [0.2, 0.25) is 0 Å². The summed E-state index contributed by atoms with van der Waals surface area (Å²) in [6.07, 6.45) is 5.35. The van der Waals surface area contributed by atoms with Gasteiger partial charge >= 0.3 is 0 Å². The van der Waals surface area contributed by atoms with Crippen molar-refractivity contribution in [3.05, 3.63) is 53.7 Å². The average molecular weight is 482 g/mol. The third-order valence-electron chi connectivity index (χ3n) is 7.34. The van der Waals surface area contributed by atoms with Crippen LogP contribution in [0.5, 0.6) is 0 Å². The number of nitriles is 1. The summed E-state index contributed by atoms with van der Waals surface area (Å²) in [6, 6.07) is 9.87. The number of ether oxygens (including phenoxy) is 1. The Morgan fingerprint density at radius 2 is 1.94 bits per heavy atom. The van der Waals surface area contributed by atoms with Crippen molar-refractivity contribution in [3.8, 4) is 28.6 Å². The van der Waals surface area contributed by atoms with Crippen LogP contribution in [0.4, 0.5) is 0 Å². The van der Waals surface area contributed by atoms with Crippen molar-refractivity contribution in [2.24, 2.45) is 7.05 Å². The Bertz CT molecular complexity index is 1540. The van der Waals surface area contributed by atoms with Crippen molar-refractivity contribution >= 4 is 16.8 Å². The first-order valence-electron chi connectivity index (χ1n) is 12.2. The highest BCUT2D eigenvalue weighted by molar-refractivity contribution is 5.97. The van der Waals surface area contributed by atoms with Crippen molar-refractivity contribution in [1.82, 2.24) is 29.2 Å². The molecule has 3 aromatic heterocycles. The number of hydrogen-bond acceptors (Lipinski definition) is 6. The fourth-order valence-electron chi connectivity index (χ4n) is 5.51. The molecule has 1 saturated heterocycles. The predicted molar refractivity (Wildman–Crippen MR) is 134 cm³/mol. The molecule has 182 valence electrons. The van der Waals surface area contributed by atoms with Gasteiger partial charge in [0.15, 0.2) is 0 Å². The van der Waals surface area contributed by atoms with Gasteiger partial charge in [-0.15, -0.1) is 0 Å². The van der Waals surface area contributed by atoms with Gasteiger partial charge in [0.05, 0.1) is 40.9 Å². The molecule has 1 fully saturated rings. The standard InChI is InChI=1S/C27H27N7O2/c1-16-27(35)32(2)15-23-25(31-26(34(16)23)17-7-9-36-10-8-17)20-5-4-6-22-21(20)11-18(12-28)24(30-22)19-13-29-33(3)14-19/h4-6,11,13-14,16-17H,7-10,15H2,1-3H3/t16-/m1/s1. The Balaban J connectivity index is 1.57. The van der Waals surface area contributed by atoms with Crippen LogP contribution in [0.25, 0.3) is 33.4 Å².